The second kappa shape index (κ2) is 11.3. The number of ether oxygens (including phenoxy) is 1. The van der Waals surface area contributed by atoms with Gasteiger partial charge in [0, 0.05) is 62.3 Å². The first-order chi connectivity index (χ1) is 20.8. The Hall–Kier alpha value is -4.00. The maximum Gasteiger partial charge on any atom is 0.251 e. The van der Waals surface area contributed by atoms with Crippen LogP contribution >= 0.6 is 11.3 Å². The molecule has 2 saturated heterocycles. The summed E-state index contributed by atoms with van der Waals surface area (Å²) < 4.78 is 34.5. The number of aromatic nitrogens is 2. The Balaban J connectivity index is 1.30. The average molecular weight is 605 g/mol. The van der Waals surface area contributed by atoms with E-state index < -0.39 is 23.5 Å². The van der Waals surface area contributed by atoms with E-state index >= 15 is 0 Å². The van der Waals surface area contributed by atoms with Crippen LogP contribution in [-0.2, 0) is 22.5 Å². The molecule has 3 aliphatic heterocycles. The fraction of sp³-hybridized carbons (Fsp3) is 0.355. The van der Waals surface area contributed by atoms with E-state index in [1.807, 2.05) is 24.3 Å². The predicted molar refractivity (Wildman–Crippen MR) is 159 cm³/mol. The number of nitrogens with one attached hydrogen (secondary N) is 1. The predicted octanol–water partition coefficient (Wildman–Crippen LogP) is 3.60. The fourth-order valence-corrected chi connectivity index (χ4v) is 7.16. The maximum absolute atomic E-state index is 14.1. The molecule has 222 valence electrons. The minimum absolute atomic E-state index is 0.0844. The third-order valence-electron chi connectivity index (χ3n) is 8.47. The van der Waals surface area contributed by atoms with Crippen molar-refractivity contribution < 1.29 is 23.1 Å². The first-order valence-corrected chi connectivity index (χ1v) is 15.2. The van der Waals surface area contributed by atoms with E-state index in [0.717, 1.165) is 72.0 Å². The van der Waals surface area contributed by atoms with E-state index in [2.05, 4.69) is 15.1 Å². The summed E-state index contributed by atoms with van der Waals surface area (Å²) in [5.74, 6) is -2.69. The number of piperazine rings is 1. The topological polar surface area (TPSA) is 114 Å². The summed E-state index contributed by atoms with van der Waals surface area (Å²) in [4.78, 5) is 39.4. The molecule has 4 aromatic rings. The van der Waals surface area contributed by atoms with Crippen molar-refractivity contribution in [1.82, 2.24) is 20.2 Å². The van der Waals surface area contributed by atoms with E-state index in [4.69, 9.17) is 20.4 Å². The number of benzene rings is 2. The molecule has 0 saturated carbocycles. The molecule has 43 heavy (non-hydrogen) atoms. The van der Waals surface area contributed by atoms with Crippen LogP contribution in [0.5, 0.6) is 0 Å². The largest absolute Gasteiger partial charge is 0.378 e. The Morgan fingerprint density at radius 2 is 1.81 bits per heavy atom. The molecule has 0 aliphatic carbocycles. The highest BCUT2D eigenvalue weighted by atomic mass is 32.1. The second-order valence-corrected chi connectivity index (χ2v) is 12.4. The number of carbonyl (C=O) groups excluding carboxylic acids is 2. The zero-order valence-corrected chi connectivity index (χ0v) is 24.1. The van der Waals surface area contributed by atoms with Crippen molar-refractivity contribution in [2.45, 2.75) is 31.3 Å². The van der Waals surface area contributed by atoms with Gasteiger partial charge >= 0.3 is 0 Å². The molecule has 9 nitrogen and oxygen atoms in total. The molecule has 7 rings (SSSR count). The Bertz CT molecular complexity index is 1710. The number of halogens is 2. The van der Waals surface area contributed by atoms with Gasteiger partial charge in [0.15, 0.2) is 10.8 Å². The highest BCUT2D eigenvalue weighted by Crippen LogP contribution is 2.39. The summed E-state index contributed by atoms with van der Waals surface area (Å²) >= 11 is 1.55. The lowest BCUT2D eigenvalue weighted by Crippen LogP contribution is -2.56. The zero-order valence-electron chi connectivity index (χ0n) is 23.3. The van der Waals surface area contributed by atoms with Crippen molar-refractivity contribution in [3.63, 3.8) is 0 Å². The van der Waals surface area contributed by atoms with Crippen molar-refractivity contribution in [3.8, 4) is 11.1 Å². The minimum Gasteiger partial charge on any atom is -0.378 e. The molecule has 0 spiro atoms. The van der Waals surface area contributed by atoms with Gasteiger partial charge in [0.1, 0.15) is 11.6 Å². The molecule has 12 heteroatoms. The number of hydrogen-bond acceptors (Lipinski definition) is 8. The molecule has 5 heterocycles. The van der Waals surface area contributed by atoms with Gasteiger partial charge in [0.2, 0.25) is 5.91 Å². The van der Waals surface area contributed by atoms with Crippen LogP contribution in [0.2, 0.25) is 0 Å². The van der Waals surface area contributed by atoms with Crippen molar-refractivity contribution in [3.05, 3.63) is 76.5 Å². The highest BCUT2D eigenvalue weighted by Gasteiger charge is 2.30. The Labute approximate surface area is 250 Å². The first-order valence-electron chi connectivity index (χ1n) is 14.3. The van der Waals surface area contributed by atoms with Crippen molar-refractivity contribution in [2.24, 2.45) is 5.73 Å². The van der Waals surface area contributed by atoms with Crippen LogP contribution in [0.1, 0.15) is 39.5 Å². The van der Waals surface area contributed by atoms with Gasteiger partial charge in [-0.05, 0) is 47.4 Å². The van der Waals surface area contributed by atoms with Gasteiger partial charge in [0.25, 0.3) is 5.91 Å². The van der Waals surface area contributed by atoms with Crippen LogP contribution in [0.25, 0.3) is 21.5 Å². The number of nitrogens with two attached hydrogens (primary N) is 1. The number of anilines is 1. The van der Waals surface area contributed by atoms with Gasteiger partial charge in [-0.15, -0.1) is 0 Å². The molecule has 3 aliphatic rings. The summed E-state index contributed by atoms with van der Waals surface area (Å²) in [5.41, 5.74) is 10.1. The lowest BCUT2D eigenvalue weighted by atomic mass is 9.87. The smallest absolute Gasteiger partial charge is 0.251 e. The van der Waals surface area contributed by atoms with Gasteiger partial charge in [-0.25, -0.2) is 13.8 Å². The van der Waals surface area contributed by atoms with E-state index in [1.165, 1.54) is 12.1 Å². The Morgan fingerprint density at radius 1 is 1.05 bits per heavy atom. The van der Waals surface area contributed by atoms with Crippen LogP contribution < -0.4 is 16.0 Å². The van der Waals surface area contributed by atoms with E-state index in [0.29, 0.717) is 35.1 Å². The molecule has 0 unspecified atom stereocenters. The van der Waals surface area contributed by atoms with Gasteiger partial charge in [0.05, 0.1) is 29.6 Å². The molecule has 2 fully saturated rings. The highest BCUT2D eigenvalue weighted by molar-refractivity contribution is 7.22. The van der Waals surface area contributed by atoms with E-state index in [9.17, 15) is 18.4 Å². The van der Waals surface area contributed by atoms with Crippen LogP contribution in [0.4, 0.5) is 13.9 Å². The van der Waals surface area contributed by atoms with Crippen molar-refractivity contribution in [1.29, 1.82) is 0 Å². The van der Waals surface area contributed by atoms with Crippen molar-refractivity contribution >= 4 is 38.6 Å². The second-order valence-electron chi connectivity index (χ2n) is 11.4. The molecule has 2 amide bonds. The lowest BCUT2D eigenvalue weighted by Gasteiger charge is -2.42. The summed E-state index contributed by atoms with van der Waals surface area (Å²) in [5, 5.41) is 3.71. The van der Waals surface area contributed by atoms with Gasteiger partial charge in [-0.3, -0.25) is 14.5 Å². The molecule has 0 bridgehead atoms. The van der Waals surface area contributed by atoms with E-state index in [1.54, 1.807) is 11.3 Å². The van der Waals surface area contributed by atoms with Gasteiger partial charge < -0.3 is 20.7 Å². The number of fused-ring (bicyclic) bond motifs is 2. The molecule has 0 radical (unpaired) electrons. The standard InChI is InChI=1S/C31H30F2N6O3S/c32-21-8-17(9-22(33)12-21)7-20(11-27(34)40)28-24(18-1-2-19-14-35-30(41)25(19)10-18)13-26-29(36-28)37-31(43-26)39-5-3-38(4-6-39)23-15-42-16-23/h1-2,8-10,12-13,20,23H,3-7,11,14-16H2,(H2,34,40)(H,35,41)/t20-/m0/s1. The Kier molecular flexibility index (Phi) is 7.28. The third kappa shape index (κ3) is 5.57. The van der Waals surface area contributed by atoms with Gasteiger partial charge in [-0.1, -0.05) is 23.5 Å². The number of nitrogens with zero attached hydrogens (tertiary/aromatic N) is 4. The van der Waals surface area contributed by atoms with Crippen molar-refractivity contribution in [2.75, 3.05) is 44.3 Å². The van der Waals surface area contributed by atoms with E-state index in [-0.39, 0.29) is 18.7 Å². The number of thiazole rings is 1. The molecule has 1 atom stereocenters. The zero-order chi connectivity index (χ0) is 29.7. The van der Waals surface area contributed by atoms with Crippen LogP contribution in [0.15, 0.2) is 42.5 Å². The van der Waals surface area contributed by atoms with Gasteiger partial charge in [-0.2, -0.15) is 4.98 Å². The molecule has 2 aromatic heterocycles. The number of carbonyl (C=O) groups is 2. The summed E-state index contributed by atoms with van der Waals surface area (Å²) in [6, 6.07) is 11.5. The Morgan fingerprint density at radius 3 is 2.51 bits per heavy atom. The molecular formula is C31H30F2N6O3S. The minimum atomic E-state index is -0.699. The number of pyridine rings is 1. The average Bonchev–Trinajstić information content (AvgIpc) is 3.53. The first kappa shape index (κ1) is 27.8. The molecule has 2 aromatic carbocycles. The third-order valence-corrected chi connectivity index (χ3v) is 9.52. The fourth-order valence-electron chi connectivity index (χ4n) is 6.16. The number of hydrogen-bond donors (Lipinski definition) is 2. The maximum atomic E-state index is 14.1. The number of primary amides is 1. The van der Waals surface area contributed by atoms with Crippen LogP contribution in [0.3, 0.4) is 0 Å². The normalized spacial score (nSPS) is 18.0. The summed E-state index contributed by atoms with van der Waals surface area (Å²) in [6.07, 6.45) is 0.0529. The lowest BCUT2D eigenvalue weighted by molar-refractivity contribution is -0.118. The number of amides is 2. The quantitative estimate of drug-likeness (QED) is 0.316. The van der Waals surface area contributed by atoms with Crippen LogP contribution in [0, 0.1) is 11.6 Å². The SMILES string of the molecule is NC(=O)C[C@H](Cc1cc(F)cc(F)c1)c1nc2nc(N3CCN(C4COC4)CC3)sc2cc1-c1ccc2c(c1)C(=O)NC2. The summed E-state index contributed by atoms with van der Waals surface area (Å²) in [6.45, 7) is 5.57. The monoisotopic (exact) mass is 604 g/mol. The molecule has 3 N–H and O–H groups in total. The number of rotatable bonds is 8. The van der Waals surface area contributed by atoms with Crippen LogP contribution in [-0.4, -0.2) is 72.1 Å². The summed E-state index contributed by atoms with van der Waals surface area (Å²) in [7, 11) is 0. The molecular weight excluding hydrogens is 574 g/mol.